The van der Waals surface area contributed by atoms with Crippen molar-refractivity contribution in [3.8, 4) is 0 Å². The molecule has 0 amide bonds. The van der Waals surface area contributed by atoms with Crippen molar-refractivity contribution >= 4 is 23.2 Å². The average molecular weight is 330 g/mol. The van der Waals surface area contributed by atoms with Crippen LogP contribution in [0.3, 0.4) is 0 Å². The van der Waals surface area contributed by atoms with Gasteiger partial charge in [0.15, 0.2) is 0 Å². The predicted octanol–water partition coefficient (Wildman–Crippen LogP) is 5.68. The first-order valence-electron chi connectivity index (χ1n) is 6.54. The number of benzene rings is 2. The van der Waals surface area contributed by atoms with Gasteiger partial charge in [-0.15, -0.1) is 0 Å². The summed E-state index contributed by atoms with van der Waals surface area (Å²) in [6.45, 7) is 3.77. The quantitative estimate of drug-likeness (QED) is 0.760. The topological polar surface area (TPSA) is 12.0 Å². The van der Waals surface area contributed by atoms with Gasteiger partial charge in [-0.1, -0.05) is 35.3 Å². The number of nitrogens with one attached hydrogen (secondary N) is 1. The molecule has 0 aliphatic rings. The molecular weight excluding hydrogens is 315 g/mol. The Bertz CT molecular complexity index is 646. The molecule has 0 radical (unpaired) electrons. The molecule has 112 valence electrons. The van der Waals surface area contributed by atoms with Gasteiger partial charge in [0, 0.05) is 23.7 Å². The highest BCUT2D eigenvalue weighted by Crippen LogP contribution is 2.27. The molecule has 2 aromatic carbocycles. The molecule has 1 N–H and O–H groups in total. The molecular formula is C16H15Cl2F2N. The lowest BCUT2D eigenvalue weighted by molar-refractivity contribution is 0.470. The standard InChI is InChI=1S/C16H15Cl2F2N/c1-9(11-3-6-14(17)15(18)7-11)21-10(2)13-5-4-12(19)8-16(13)20/h3-10,21H,1-2H3. The number of hydrogen-bond acceptors (Lipinski definition) is 1. The van der Waals surface area contributed by atoms with Crippen molar-refractivity contribution in [2.75, 3.05) is 0 Å². The summed E-state index contributed by atoms with van der Waals surface area (Å²) in [5, 5.41) is 4.22. The first kappa shape index (κ1) is 16.2. The summed E-state index contributed by atoms with van der Waals surface area (Å²) in [5.74, 6) is -1.14. The van der Waals surface area contributed by atoms with Gasteiger partial charge < -0.3 is 5.32 Å². The van der Waals surface area contributed by atoms with Gasteiger partial charge in [0.25, 0.3) is 0 Å². The normalized spacial score (nSPS) is 14.0. The molecule has 0 aliphatic heterocycles. The Morgan fingerprint density at radius 3 is 2.24 bits per heavy atom. The van der Waals surface area contributed by atoms with Crippen LogP contribution in [-0.4, -0.2) is 0 Å². The third-order valence-corrected chi connectivity index (χ3v) is 4.11. The van der Waals surface area contributed by atoms with Crippen LogP contribution in [0.15, 0.2) is 36.4 Å². The Morgan fingerprint density at radius 2 is 1.62 bits per heavy atom. The molecule has 2 rings (SSSR count). The minimum Gasteiger partial charge on any atom is -0.304 e. The van der Waals surface area contributed by atoms with Crippen LogP contribution in [-0.2, 0) is 0 Å². The Balaban J connectivity index is 2.14. The molecule has 0 saturated heterocycles. The molecule has 2 unspecified atom stereocenters. The average Bonchev–Trinajstić information content (AvgIpc) is 2.41. The van der Waals surface area contributed by atoms with Crippen molar-refractivity contribution in [1.29, 1.82) is 0 Å². The molecule has 2 aromatic rings. The summed E-state index contributed by atoms with van der Waals surface area (Å²) >= 11 is 11.9. The second-order valence-electron chi connectivity index (χ2n) is 4.95. The zero-order valence-corrected chi connectivity index (χ0v) is 13.1. The van der Waals surface area contributed by atoms with E-state index >= 15 is 0 Å². The van der Waals surface area contributed by atoms with Crippen LogP contribution in [0.5, 0.6) is 0 Å². The van der Waals surface area contributed by atoms with Gasteiger partial charge in [0.2, 0.25) is 0 Å². The summed E-state index contributed by atoms with van der Waals surface area (Å²) in [4.78, 5) is 0. The zero-order valence-electron chi connectivity index (χ0n) is 11.6. The van der Waals surface area contributed by atoms with Crippen molar-refractivity contribution in [2.24, 2.45) is 0 Å². The highest BCUT2D eigenvalue weighted by atomic mass is 35.5. The Kier molecular flexibility index (Phi) is 5.20. The number of hydrogen-bond donors (Lipinski definition) is 1. The molecule has 0 spiro atoms. The van der Waals surface area contributed by atoms with E-state index in [0.29, 0.717) is 15.6 Å². The predicted molar refractivity (Wildman–Crippen MR) is 82.8 cm³/mol. The van der Waals surface area contributed by atoms with Gasteiger partial charge >= 0.3 is 0 Å². The van der Waals surface area contributed by atoms with Crippen molar-refractivity contribution in [1.82, 2.24) is 5.32 Å². The smallest absolute Gasteiger partial charge is 0.130 e. The molecule has 0 fully saturated rings. The monoisotopic (exact) mass is 329 g/mol. The summed E-state index contributed by atoms with van der Waals surface area (Å²) in [6.07, 6.45) is 0. The molecule has 0 aliphatic carbocycles. The third kappa shape index (κ3) is 3.94. The van der Waals surface area contributed by atoms with Gasteiger partial charge in [0.1, 0.15) is 11.6 Å². The first-order chi connectivity index (χ1) is 9.88. The van der Waals surface area contributed by atoms with Crippen LogP contribution >= 0.6 is 23.2 Å². The Hall–Kier alpha value is -1.16. The maximum atomic E-state index is 13.8. The van der Waals surface area contributed by atoms with E-state index in [1.807, 2.05) is 19.9 Å². The van der Waals surface area contributed by atoms with Crippen LogP contribution in [0.25, 0.3) is 0 Å². The maximum absolute atomic E-state index is 13.8. The van der Waals surface area contributed by atoms with E-state index in [1.165, 1.54) is 12.1 Å². The molecule has 2 atom stereocenters. The molecule has 0 saturated carbocycles. The van der Waals surface area contributed by atoms with E-state index in [2.05, 4.69) is 5.32 Å². The van der Waals surface area contributed by atoms with Crippen LogP contribution in [0.2, 0.25) is 10.0 Å². The zero-order chi connectivity index (χ0) is 15.6. The van der Waals surface area contributed by atoms with Crippen molar-refractivity contribution in [2.45, 2.75) is 25.9 Å². The van der Waals surface area contributed by atoms with E-state index in [1.54, 1.807) is 12.1 Å². The van der Waals surface area contributed by atoms with Crippen molar-refractivity contribution in [3.05, 3.63) is 69.2 Å². The lowest BCUT2D eigenvalue weighted by Crippen LogP contribution is -2.23. The minimum atomic E-state index is -0.582. The van der Waals surface area contributed by atoms with Gasteiger partial charge in [-0.05, 0) is 37.6 Å². The fourth-order valence-electron chi connectivity index (χ4n) is 2.20. The SMILES string of the molecule is CC(NC(C)c1ccc(F)cc1F)c1ccc(Cl)c(Cl)c1. The molecule has 0 bridgehead atoms. The van der Waals surface area contributed by atoms with Gasteiger partial charge in [-0.3, -0.25) is 0 Å². The summed E-state index contributed by atoms with van der Waals surface area (Å²) < 4.78 is 26.7. The summed E-state index contributed by atoms with van der Waals surface area (Å²) in [5.41, 5.74) is 1.36. The largest absolute Gasteiger partial charge is 0.304 e. The second kappa shape index (κ2) is 6.73. The fourth-order valence-corrected chi connectivity index (χ4v) is 2.50. The molecule has 21 heavy (non-hydrogen) atoms. The summed E-state index contributed by atoms with van der Waals surface area (Å²) in [7, 11) is 0. The number of rotatable bonds is 4. The Morgan fingerprint density at radius 1 is 0.905 bits per heavy atom. The minimum absolute atomic E-state index is 0.0563. The lowest BCUT2D eigenvalue weighted by Gasteiger charge is -2.21. The van der Waals surface area contributed by atoms with E-state index in [-0.39, 0.29) is 12.1 Å². The summed E-state index contributed by atoms with van der Waals surface area (Å²) in [6, 6.07) is 8.62. The van der Waals surface area contributed by atoms with E-state index < -0.39 is 11.6 Å². The van der Waals surface area contributed by atoms with Crippen molar-refractivity contribution in [3.63, 3.8) is 0 Å². The highest BCUT2D eigenvalue weighted by Gasteiger charge is 2.15. The Labute approximate surface area is 132 Å². The molecule has 5 heteroatoms. The third-order valence-electron chi connectivity index (χ3n) is 3.37. The van der Waals surface area contributed by atoms with Gasteiger partial charge in [-0.25, -0.2) is 8.78 Å². The molecule has 0 heterocycles. The van der Waals surface area contributed by atoms with E-state index in [4.69, 9.17) is 23.2 Å². The maximum Gasteiger partial charge on any atom is 0.130 e. The van der Waals surface area contributed by atoms with Gasteiger partial charge in [-0.2, -0.15) is 0 Å². The van der Waals surface area contributed by atoms with Crippen LogP contribution in [0.1, 0.15) is 37.1 Å². The van der Waals surface area contributed by atoms with Crippen LogP contribution < -0.4 is 5.32 Å². The lowest BCUT2D eigenvalue weighted by atomic mass is 10.0. The number of halogens is 4. The highest BCUT2D eigenvalue weighted by molar-refractivity contribution is 6.42. The van der Waals surface area contributed by atoms with Crippen LogP contribution in [0.4, 0.5) is 8.78 Å². The fraction of sp³-hybridized carbons (Fsp3) is 0.250. The van der Waals surface area contributed by atoms with E-state index in [9.17, 15) is 8.78 Å². The van der Waals surface area contributed by atoms with Crippen LogP contribution in [0, 0.1) is 11.6 Å². The van der Waals surface area contributed by atoms with Crippen molar-refractivity contribution < 1.29 is 8.78 Å². The second-order valence-corrected chi connectivity index (χ2v) is 5.76. The molecule has 0 aromatic heterocycles. The van der Waals surface area contributed by atoms with Gasteiger partial charge in [0.05, 0.1) is 10.0 Å². The molecule has 1 nitrogen and oxygen atoms in total. The first-order valence-corrected chi connectivity index (χ1v) is 7.30. The van der Waals surface area contributed by atoms with E-state index in [0.717, 1.165) is 11.6 Å².